The number of rotatable bonds is 3. The molecule has 0 spiro atoms. The van der Waals surface area contributed by atoms with Gasteiger partial charge in [0, 0.05) is 32.7 Å². The van der Waals surface area contributed by atoms with Crippen molar-refractivity contribution in [3.8, 4) is 6.07 Å². The van der Waals surface area contributed by atoms with Crippen LogP contribution in [0, 0.1) is 23.2 Å². The summed E-state index contributed by atoms with van der Waals surface area (Å²) in [6, 6.07) is 10.00. The molecule has 0 radical (unpaired) electrons. The quantitative estimate of drug-likeness (QED) is 0.848. The number of carbonyl (C=O) groups excluding carboxylic acids is 1. The van der Waals surface area contributed by atoms with Gasteiger partial charge in [0.1, 0.15) is 5.60 Å². The lowest BCUT2D eigenvalue weighted by atomic mass is 10.0. The zero-order valence-corrected chi connectivity index (χ0v) is 15.4. The first kappa shape index (κ1) is 17.8. The van der Waals surface area contributed by atoms with E-state index in [1.807, 2.05) is 49.9 Å². The van der Waals surface area contributed by atoms with Crippen LogP contribution in [0.3, 0.4) is 0 Å². The average molecular weight is 341 g/mol. The molecule has 0 bridgehead atoms. The van der Waals surface area contributed by atoms with Crippen LogP contribution in [0.1, 0.15) is 31.9 Å². The van der Waals surface area contributed by atoms with E-state index in [-0.39, 0.29) is 6.09 Å². The fourth-order valence-corrected chi connectivity index (χ4v) is 3.78. The second kappa shape index (κ2) is 7.05. The van der Waals surface area contributed by atoms with Gasteiger partial charge in [-0.3, -0.25) is 0 Å². The van der Waals surface area contributed by atoms with Gasteiger partial charge in [-0.25, -0.2) is 4.79 Å². The number of likely N-dealkylation sites (tertiary alicyclic amines) is 2. The highest BCUT2D eigenvalue weighted by Crippen LogP contribution is 2.32. The van der Waals surface area contributed by atoms with Gasteiger partial charge in [0.2, 0.25) is 0 Å². The maximum Gasteiger partial charge on any atom is 0.410 e. The molecule has 0 aromatic heterocycles. The Morgan fingerprint density at radius 1 is 1.16 bits per heavy atom. The van der Waals surface area contributed by atoms with Gasteiger partial charge in [0.15, 0.2) is 0 Å². The summed E-state index contributed by atoms with van der Waals surface area (Å²) >= 11 is 0. The van der Waals surface area contributed by atoms with Crippen LogP contribution in [-0.2, 0) is 11.2 Å². The molecule has 1 amide bonds. The molecule has 1 aromatic carbocycles. The van der Waals surface area contributed by atoms with E-state index in [1.54, 1.807) is 0 Å². The molecule has 2 aliphatic heterocycles. The second-order valence-corrected chi connectivity index (χ2v) is 8.22. The predicted octanol–water partition coefficient (Wildman–Crippen LogP) is 2.90. The normalized spacial score (nSPS) is 23.4. The Morgan fingerprint density at radius 2 is 1.76 bits per heavy atom. The summed E-state index contributed by atoms with van der Waals surface area (Å²) in [5, 5.41) is 8.85. The molecule has 2 saturated heterocycles. The Balaban J connectivity index is 1.45. The number of ether oxygens (including phenoxy) is 1. The van der Waals surface area contributed by atoms with E-state index in [4.69, 9.17) is 10.00 Å². The van der Waals surface area contributed by atoms with Crippen LogP contribution in [0.25, 0.3) is 0 Å². The number of hydrogen-bond donors (Lipinski definition) is 0. The smallest absolute Gasteiger partial charge is 0.410 e. The van der Waals surface area contributed by atoms with E-state index in [0.29, 0.717) is 17.4 Å². The van der Waals surface area contributed by atoms with Crippen LogP contribution in [0.15, 0.2) is 24.3 Å². The number of benzene rings is 1. The van der Waals surface area contributed by atoms with Crippen molar-refractivity contribution in [3.63, 3.8) is 0 Å². The van der Waals surface area contributed by atoms with Crippen LogP contribution in [0.5, 0.6) is 0 Å². The first-order chi connectivity index (χ1) is 11.8. The van der Waals surface area contributed by atoms with E-state index in [1.165, 1.54) is 5.56 Å². The summed E-state index contributed by atoms with van der Waals surface area (Å²) in [6.45, 7) is 10.5. The Kier molecular flexibility index (Phi) is 5.01. The monoisotopic (exact) mass is 341 g/mol. The highest BCUT2D eigenvalue weighted by molar-refractivity contribution is 5.68. The van der Waals surface area contributed by atoms with Crippen LogP contribution < -0.4 is 0 Å². The second-order valence-electron chi connectivity index (χ2n) is 8.22. The van der Waals surface area contributed by atoms with E-state index < -0.39 is 5.60 Å². The highest BCUT2D eigenvalue weighted by Gasteiger charge is 2.42. The number of amides is 1. The Morgan fingerprint density at radius 3 is 2.28 bits per heavy atom. The first-order valence-corrected chi connectivity index (χ1v) is 9.03. The zero-order valence-electron chi connectivity index (χ0n) is 15.4. The fraction of sp³-hybridized carbons (Fsp3) is 0.600. The third-order valence-corrected chi connectivity index (χ3v) is 5.01. The van der Waals surface area contributed by atoms with E-state index in [9.17, 15) is 4.79 Å². The van der Waals surface area contributed by atoms with Crippen molar-refractivity contribution in [1.29, 1.82) is 5.26 Å². The first-order valence-electron chi connectivity index (χ1n) is 9.03. The summed E-state index contributed by atoms with van der Waals surface area (Å²) < 4.78 is 5.49. The van der Waals surface area contributed by atoms with Crippen LogP contribution in [0.4, 0.5) is 4.79 Å². The lowest BCUT2D eigenvalue weighted by molar-refractivity contribution is 0.0274. The number of hydrogen-bond acceptors (Lipinski definition) is 4. The van der Waals surface area contributed by atoms with Gasteiger partial charge in [0.25, 0.3) is 0 Å². The van der Waals surface area contributed by atoms with Crippen molar-refractivity contribution in [1.82, 2.24) is 9.80 Å². The summed E-state index contributed by atoms with van der Waals surface area (Å²) in [7, 11) is 0. The molecule has 2 aliphatic rings. The molecule has 0 N–H and O–H groups in total. The summed E-state index contributed by atoms with van der Waals surface area (Å²) in [5.41, 5.74) is 1.55. The minimum atomic E-state index is -0.429. The number of nitrogens with zero attached hydrogens (tertiary/aromatic N) is 3. The molecule has 2 atom stereocenters. The van der Waals surface area contributed by atoms with Crippen molar-refractivity contribution in [2.75, 3.05) is 32.7 Å². The Bertz CT molecular complexity index is 643. The molecule has 2 fully saturated rings. The minimum Gasteiger partial charge on any atom is -0.444 e. The van der Waals surface area contributed by atoms with Gasteiger partial charge < -0.3 is 14.5 Å². The van der Waals surface area contributed by atoms with Crippen LogP contribution in [-0.4, -0.2) is 54.2 Å². The lowest BCUT2D eigenvalue weighted by Gasteiger charge is -2.26. The van der Waals surface area contributed by atoms with E-state index in [2.05, 4.69) is 11.0 Å². The fourth-order valence-electron chi connectivity index (χ4n) is 3.78. The number of fused-ring (bicyclic) bond motifs is 1. The molecule has 1 aromatic rings. The molecule has 5 heteroatoms. The van der Waals surface area contributed by atoms with Gasteiger partial charge in [-0.1, -0.05) is 12.1 Å². The lowest BCUT2D eigenvalue weighted by Crippen LogP contribution is -2.37. The SMILES string of the molecule is CC(C)(C)OC(=O)N1CC2CN(CCc3ccc(C#N)cc3)CC2C1. The van der Waals surface area contributed by atoms with E-state index >= 15 is 0 Å². The third-order valence-electron chi connectivity index (χ3n) is 5.01. The molecule has 2 heterocycles. The molecule has 2 unspecified atom stereocenters. The van der Waals surface area contributed by atoms with Crippen molar-refractivity contribution >= 4 is 6.09 Å². The molecule has 134 valence electrons. The molecular weight excluding hydrogens is 314 g/mol. The molecule has 3 rings (SSSR count). The average Bonchev–Trinajstić information content (AvgIpc) is 3.10. The highest BCUT2D eigenvalue weighted by atomic mass is 16.6. The van der Waals surface area contributed by atoms with Gasteiger partial charge in [-0.15, -0.1) is 0 Å². The van der Waals surface area contributed by atoms with Crippen LogP contribution in [0.2, 0.25) is 0 Å². The maximum absolute atomic E-state index is 12.2. The molecule has 0 aliphatic carbocycles. The number of carbonyl (C=O) groups is 1. The van der Waals surface area contributed by atoms with Gasteiger partial charge in [-0.2, -0.15) is 5.26 Å². The van der Waals surface area contributed by atoms with Gasteiger partial charge >= 0.3 is 6.09 Å². The molecule has 5 nitrogen and oxygen atoms in total. The Labute approximate surface area is 150 Å². The zero-order chi connectivity index (χ0) is 18.0. The largest absolute Gasteiger partial charge is 0.444 e. The van der Waals surface area contributed by atoms with Crippen LogP contribution >= 0.6 is 0 Å². The van der Waals surface area contributed by atoms with Gasteiger partial charge in [-0.05, 0) is 56.7 Å². The van der Waals surface area contributed by atoms with Crippen molar-refractivity contribution in [3.05, 3.63) is 35.4 Å². The molecule has 0 saturated carbocycles. The van der Waals surface area contributed by atoms with E-state index in [0.717, 1.165) is 39.1 Å². The maximum atomic E-state index is 12.2. The summed E-state index contributed by atoms with van der Waals surface area (Å²) in [4.78, 5) is 16.6. The van der Waals surface area contributed by atoms with Gasteiger partial charge in [0.05, 0.1) is 11.6 Å². The Hall–Kier alpha value is -2.06. The predicted molar refractivity (Wildman–Crippen MR) is 96.1 cm³/mol. The standard InChI is InChI=1S/C20H27N3O2/c1-20(2,3)25-19(24)23-13-17-11-22(12-18(17)14-23)9-8-15-4-6-16(10-21)7-5-15/h4-7,17-18H,8-9,11-14H2,1-3H3. The van der Waals surface area contributed by atoms with Crippen molar-refractivity contribution in [2.24, 2.45) is 11.8 Å². The van der Waals surface area contributed by atoms with Crippen molar-refractivity contribution < 1.29 is 9.53 Å². The summed E-state index contributed by atoms with van der Waals surface area (Å²) in [5.74, 6) is 1.13. The third kappa shape index (κ3) is 4.52. The molecule has 25 heavy (non-hydrogen) atoms. The summed E-state index contributed by atoms with van der Waals surface area (Å²) in [6.07, 6.45) is 0.826. The molecular formula is C20H27N3O2. The van der Waals surface area contributed by atoms with Crippen molar-refractivity contribution in [2.45, 2.75) is 32.8 Å². The topological polar surface area (TPSA) is 56.6 Å². The number of nitriles is 1. The minimum absolute atomic E-state index is 0.175.